The Kier molecular flexibility index (Phi) is 3.57. The molecule has 0 aromatic rings. The molecule has 1 saturated carbocycles. The number of nitrogens with zero attached hydrogens (tertiary/aromatic N) is 1. The molecule has 0 aromatic heterocycles. The molecule has 0 radical (unpaired) electrons. The molecule has 1 aliphatic carbocycles. The highest BCUT2D eigenvalue weighted by Gasteiger charge is 2.35. The van der Waals surface area contributed by atoms with E-state index in [0.717, 1.165) is 5.92 Å². The average molecular weight is 197 g/mol. The minimum absolute atomic E-state index is 0.124. The highest BCUT2D eigenvalue weighted by Crippen LogP contribution is 2.36. The summed E-state index contributed by atoms with van der Waals surface area (Å²) in [6.07, 6.45) is 2.60. The van der Waals surface area contributed by atoms with E-state index in [4.69, 9.17) is 0 Å². The maximum atomic E-state index is 12.0. The number of carbonyl (C=O) groups excluding carboxylic acids is 1. The van der Waals surface area contributed by atoms with Gasteiger partial charge in [-0.3, -0.25) is 4.79 Å². The van der Waals surface area contributed by atoms with Crippen molar-refractivity contribution < 1.29 is 4.79 Å². The predicted octanol–water partition coefficient (Wildman–Crippen LogP) is 2.68. The molecule has 2 nitrogen and oxygen atoms in total. The lowest BCUT2D eigenvalue weighted by molar-refractivity contribution is -0.139. The van der Waals surface area contributed by atoms with Crippen LogP contribution < -0.4 is 0 Å². The number of hydrogen-bond donors (Lipinski definition) is 0. The normalized spacial score (nSPS) is 18.8. The van der Waals surface area contributed by atoms with E-state index in [1.807, 2.05) is 13.8 Å². The largest absolute Gasteiger partial charge is 0.337 e. The summed E-state index contributed by atoms with van der Waals surface area (Å²) in [5.41, 5.74) is 0. The monoisotopic (exact) mass is 197 g/mol. The van der Waals surface area contributed by atoms with Crippen molar-refractivity contribution in [2.45, 2.75) is 59.5 Å². The van der Waals surface area contributed by atoms with Crippen LogP contribution in [0.15, 0.2) is 0 Å². The van der Waals surface area contributed by atoms with Crippen molar-refractivity contribution in [3.05, 3.63) is 0 Å². The Morgan fingerprint density at radius 1 is 1.14 bits per heavy atom. The summed E-state index contributed by atoms with van der Waals surface area (Å²) in [4.78, 5) is 14.1. The molecule has 1 rings (SSSR count). The summed E-state index contributed by atoms with van der Waals surface area (Å²) in [6, 6.07) is 0.769. The molecular weight excluding hydrogens is 174 g/mol. The smallest absolute Gasteiger partial charge is 0.225 e. The zero-order chi connectivity index (χ0) is 10.9. The van der Waals surface area contributed by atoms with Gasteiger partial charge >= 0.3 is 0 Å². The molecule has 0 saturated heterocycles. The average Bonchev–Trinajstić information content (AvgIpc) is 2.85. The molecule has 1 amide bonds. The summed E-state index contributed by atoms with van der Waals surface area (Å²) >= 11 is 0. The summed E-state index contributed by atoms with van der Waals surface area (Å²) in [5.74, 6) is 1.19. The van der Waals surface area contributed by atoms with E-state index < -0.39 is 0 Å². The van der Waals surface area contributed by atoms with Crippen LogP contribution in [0.2, 0.25) is 0 Å². The topological polar surface area (TPSA) is 20.3 Å². The molecular formula is C12H23NO. The molecule has 0 N–H and O–H groups in total. The van der Waals surface area contributed by atoms with Crippen molar-refractivity contribution in [2.75, 3.05) is 0 Å². The van der Waals surface area contributed by atoms with Gasteiger partial charge in [0.25, 0.3) is 0 Å². The lowest BCUT2D eigenvalue weighted by Crippen LogP contribution is -2.46. The van der Waals surface area contributed by atoms with E-state index in [2.05, 4.69) is 25.7 Å². The molecule has 2 heteroatoms. The maximum absolute atomic E-state index is 12.0. The third-order valence-electron chi connectivity index (χ3n) is 3.05. The second-order valence-electron chi connectivity index (χ2n) is 5.07. The van der Waals surface area contributed by atoms with Gasteiger partial charge in [-0.2, -0.15) is 0 Å². The van der Waals surface area contributed by atoms with Gasteiger partial charge in [0.05, 0.1) is 0 Å². The molecule has 0 aromatic carbocycles. The van der Waals surface area contributed by atoms with Gasteiger partial charge in [-0.15, -0.1) is 0 Å². The minimum Gasteiger partial charge on any atom is -0.337 e. The van der Waals surface area contributed by atoms with E-state index in [0.29, 0.717) is 18.0 Å². The first-order chi connectivity index (χ1) is 6.45. The van der Waals surface area contributed by atoms with Crippen molar-refractivity contribution >= 4 is 5.91 Å². The Morgan fingerprint density at radius 3 is 1.93 bits per heavy atom. The molecule has 82 valence electrons. The van der Waals surface area contributed by atoms with Crippen LogP contribution in [0.3, 0.4) is 0 Å². The fourth-order valence-corrected chi connectivity index (χ4v) is 2.03. The fourth-order valence-electron chi connectivity index (χ4n) is 2.03. The Labute approximate surface area is 87.7 Å². The van der Waals surface area contributed by atoms with Crippen LogP contribution in [0, 0.1) is 11.8 Å². The van der Waals surface area contributed by atoms with Crippen LogP contribution in [0.25, 0.3) is 0 Å². The quantitative estimate of drug-likeness (QED) is 0.678. The number of rotatable bonds is 4. The van der Waals surface area contributed by atoms with E-state index in [1.165, 1.54) is 12.8 Å². The second-order valence-corrected chi connectivity index (χ2v) is 5.07. The van der Waals surface area contributed by atoms with Gasteiger partial charge in [-0.05, 0) is 39.5 Å². The Morgan fingerprint density at radius 2 is 1.64 bits per heavy atom. The number of amides is 1. The highest BCUT2D eigenvalue weighted by atomic mass is 16.2. The summed E-state index contributed by atoms with van der Waals surface area (Å²) < 4.78 is 0. The van der Waals surface area contributed by atoms with Gasteiger partial charge in [0.1, 0.15) is 0 Å². The van der Waals surface area contributed by atoms with Crippen molar-refractivity contribution in [3.63, 3.8) is 0 Å². The Hall–Kier alpha value is -0.530. The van der Waals surface area contributed by atoms with E-state index in [9.17, 15) is 4.79 Å². The van der Waals surface area contributed by atoms with Crippen molar-refractivity contribution in [2.24, 2.45) is 11.8 Å². The number of hydrogen-bond acceptors (Lipinski definition) is 1. The third-order valence-corrected chi connectivity index (χ3v) is 3.05. The second kappa shape index (κ2) is 4.33. The maximum Gasteiger partial charge on any atom is 0.225 e. The van der Waals surface area contributed by atoms with Crippen molar-refractivity contribution in [1.29, 1.82) is 0 Å². The SMILES string of the molecule is CC(C)C(=O)N(C(C)C)C(C)C1CC1. The molecule has 0 aliphatic heterocycles. The van der Waals surface area contributed by atoms with Crippen LogP contribution in [0.5, 0.6) is 0 Å². The molecule has 1 unspecified atom stereocenters. The first-order valence-electron chi connectivity index (χ1n) is 5.77. The lowest BCUT2D eigenvalue weighted by atomic mass is 10.1. The van der Waals surface area contributed by atoms with Gasteiger partial charge in [0.2, 0.25) is 5.91 Å². The molecule has 0 heterocycles. The van der Waals surface area contributed by atoms with Crippen LogP contribution in [0.4, 0.5) is 0 Å². The van der Waals surface area contributed by atoms with Crippen LogP contribution in [0.1, 0.15) is 47.5 Å². The zero-order valence-electron chi connectivity index (χ0n) is 10.1. The minimum atomic E-state index is 0.124. The van der Waals surface area contributed by atoms with Gasteiger partial charge in [-0.1, -0.05) is 13.8 Å². The standard InChI is InChI=1S/C12H23NO/c1-8(2)12(14)13(9(3)4)10(5)11-6-7-11/h8-11H,6-7H2,1-5H3. The fraction of sp³-hybridized carbons (Fsp3) is 0.917. The molecule has 0 bridgehead atoms. The van der Waals surface area contributed by atoms with E-state index >= 15 is 0 Å². The van der Waals surface area contributed by atoms with Crippen molar-refractivity contribution in [1.82, 2.24) is 4.90 Å². The van der Waals surface area contributed by atoms with E-state index in [1.54, 1.807) is 0 Å². The summed E-state index contributed by atoms with van der Waals surface area (Å²) in [6.45, 7) is 10.4. The van der Waals surface area contributed by atoms with E-state index in [-0.39, 0.29) is 5.92 Å². The summed E-state index contributed by atoms with van der Waals surface area (Å²) in [5, 5.41) is 0. The highest BCUT2D eigenvalue weighted by molar-refractivity contribution is 5.78. The van der Waals surface area contributed by atoms with Crippen LogP contribution >= 0.6 is 0 Å². The van der Waals surface area contributed by atoms with Crippen LogP contribution in [-0.2, 0) is 4.79 Å². The first-order valence-corrected chi connectivity index (χ1v) is 5.77. The molecule has 1 fully saturated rings. The molecule has 14 heavy (non-hydrogen) atoms. The Balaban J connectivity index is 2.67. The first kappa shape index (κ1) is 11.5. The van der Waals surface area contributed by atoms with Crippen LogP contribution in [-0.4, -0.2) is 22.9 Å². The van der Waals surface area contributed by atoms with Gasteiger partial charge in [0.15, 0.2) is 0 Å². The lowest BCUT2D eigenvalue weighted by Gasteiger charge is -2.34. The zero-order valence-corrected chi connectivity index (χ0v) is 10.1. The molecule has 0 spiro atoms. The Bertz CT molecular complexity index is 206. The van der Waals surface area contributed by atoms with Gasteiger partial charge < -0.3 is 4.90 Å². The summed E-state index contributed by atoms with van der Waals surface area (Å²) in [7, 11) is 0. The molecule has 1 atom stereocenters. The predicted molar refractivity (Wildman–Crippen MR) is 59.0 cm³/mol. The van der Waals surface area contributed by atoms with Gasteiger partial charge in [-0.25, -0.2) is 0 Å². The number of carbonyl (C=O) groups is 1. The third kappa shape index (κ3) is 2.49. The van der Waals surface area contributed by atoms with Gasteiger partial charge in [0, 0.05) is 18.0 Å². The molecule has 1 aliphatic rings. The van der Waals surface area contributed by atoms with Crippen molar-refractivity contribution in [3.8, 4) is 0 Å².